The van der Waals surface area contributed by atoms with E-state index in [9.17, 15) is 9.59 Å². The van der Waals surface area contributed by atoms with Gasteiger partial charge in [0.05, 0.1) is 5.56 Å². The van der Waals surface area contributed by atoms with Gasteiger partial charge in [0.25, 0.3) is 5.91 Å². The first-order valence-corrected chi connectivity index (χ1v) is 6.33. The zero-order valence-corrected chi connectivity index (χ0v) is 10.4. The fourth-order valence-corrected chi connectivity index (χ4v) is 3.36. The molecule has 17 heavy (non-hydrogen) atoms. The number of amides is 2. The van der Waals surface area contributed by atoms with E-state index in [0.29, 0.717) is 10.6 Å². The van der Waals surface area contributed by atoms with Crippen LogP contribution in [-0.2, 0) is 17.6 Å². The van der Waals surface area contributed by atoms with Gasteiger partial charge >= 0.3 is 0 Å². The molecule has 0 bridgehead atoms. The normalized spacial score (nSPS) is 13.9. The summed E-state index contributed by atoms with van der Waals surface area (Å²) in [5.41, 5.74) is 6.91. The highest BCUT2D eigenvalue weighted by molar-refractivity contribution is 7.17. The van der Waals surface area contributed by atoms with Gasteiger partial charge in [0.15, 0.2) is 0 Å². The topological polar surface area (TPSA) is 72.2 Å². The Morgan fingerprint density at radius 2 is 2.18 bits per heavy atom. The monoisotopic (exact) mass is 250 g/mol. The molecule has 1 aliphatic carbocycles. The van der Waals surface area contributed by atoms with Crippen LogP contribution in [0, 0.1) is 0 Å². The van der Waals surface area contributed by atoms with E-state index in [1.54, 1.807) is 13.0 Å². The average Bonchev–Trinajstić information content (AvgIpc) is 2.76. The highest BCUT2D eigenvalue weighted by Crippen LogP contribution is 2.38. The van der Waals surface area contributed by atoms with Crippen LogP contribution in [0.4, 0.5) is 5.00 Å². The summed E-state index contributed by atoms with van der Waals surface area (Å²) in [6, 6.07) is 0. The summed E-state index contributed by atoms with van der Waals surface area (Å²) in [4.78, 5) is 24.1. The Kier molecular flexibility index (Phi) is 3.28. The molecule has 5 heteroatoms. The number of carbonyl (C=O) groups excluding carboxylic acids is 2. The molecular weight excluding hydrogens is 236 g/mol. The van der Waals surface area contributed by atoms with Gasteiger partial charge in [-0.1, -0.05) is 6.08 Å². The summed E-state index contributed by atoms with van der Waals surface area (Å²) < 4.78 is 0. The van der Waals surface area contributed by atoms with Gasteiger partial charge in [-0.3, -0.25) is 9.59 Å². The molecule has 4 nitrogen and oxygen atoms in total. The standard InChI is InChI=1S/C12H14N2O2S/c1-2-4-9(15)14-12-10(11(13)16)7-5-3-6-8(7)17-12/h2,4H,3,5-6H2,1H3,(H2,13,16)(H,14,15). The van der Waals surface area contributed by atoms with E-state index < -0.39 is 5.91 Å². The molecule has 0 saturated carbocycles. The van der Waals surface area contributed by atoms with Crippen LogP contribution < -0.4 is 11.1 Å². The van der Waals surface area contributed by atoms with E-state index in [-0.39, 0.29) is 5.91 Å². The van der Waals surface area contributed by atoms with Crippen molar-refractivity contribution in [2.75, 3.05) is 5.32 Å². The molecule has 1 heterocycles. The van der Waals surface area contributed by atoms with Gasteiger partial charge in [-0.2, -0.15) is 0 Å². The van der Waals surface area contributed by atoms with E-state index in [4.69, 9.17) is 5.73 Å². The van der Waals surface area contributed by atoms with Gasteiger partial charge in [0.2, 0.25) is 5.91 Å². The minimum absolute atomic E-state index is 0.227. The predicted octanol–water partition coefficient (Wildman–Crippen LogP) is 1.85. The minimum Gasteiger partial charge on any atom is -0.365 e. The largest absolute Gasteiger partial charge is 0.365 e. The molecule has 0 atom stereocenters. The van der Waals surface area contributed by atoms with Gasteiger partial charge in [-0.15, -0.1) is 11.3 Å². The third kappa shape index (κ3) is 2.24. The highest BCUT2D eigenvalue weighted by Gasteiger charge is 2.25. The van der Waals surface area contributed by atoms with E-state index in [2.05, 4.69) is 5.32 Å². The maximum absolute atomic E-state index is 11.5. The molecule has 1 aliphatic rings. The number of nitrogens with one attached hydrogen (secondary N) is 1. The quantitative estimate of drug-likeness (QED) is 0.803. The lowest BCUT2D eigenvalue weighted by molar-refractivity contribution is -0.111. The SMILES string of the molecule is CC=CC(=O)Nc1sc2c(c1C(N)=O)CCC2. The Labute approximate surface area is 104 Å². The third-order valence-electron chi connectivity index (χ3n) is 2.72. The smallest absolute Gasteiger partial charge is 0.251 e. The molecular formula is C12H14N2O2S. The highest BCUT2D eigenvalue weighted by atomic mass is 32.1. The van der Waals surface area contributed by atoms with Gasteiger partial charge in [-0.05, 0) is 37.8 Å². The first kappa shape index (κ1) is 11.9. The Balaban J connectivity index is 2.34. The molecule has 0 unspecified atom stereocenters. The lowest BCUT2D eigenvalue weighted by Crippen LogP contribution is -2.16. The summed E-state index contributed by atoms with van der Waals surface area (Å²) >= 11 is 1.46. The number of hydrogen-bond acceptors (Lipinski definition) is 3. The number of anilines is 1. The molecule has 2 rings (SSSR count). The van der Waals surface area contributed by atoms with E-state index in [1.807, 2.05) is 0 Å². The first-order valence-electron chi connectivity index (χ1n) is 5.51. The number of thiophene rings is 1. The van der Waals surface area contributed by atoms with Crippen molar-refractivity contribution in [1.82, 2.24) is 0 Å². The van der Waals surface area contributed by atoms with Crippen LogP contribution in [0.2, 0.25) is 0 Å². The second-order valence-corrected chi connectivity index (χ2v) is 5.02. The van der Waals surface area contributed by atoms with Crippen LogP contribution in [0.15, 0.2) is 12.2 Å². The number of primary amides is 1. The van der Waals surface area contributed by atoms with Crippen LogP contribution in [0.5, 0.6) is 0 Å². The fourth-order valence-electron chi connectivity index (χ4n) is 2.06. The zero-order chi connectivity index (χ0) is 12.4. The summed E-state index contributed by atoms with van der Waals surface area (Å²) in [5.74, 6) is -0.685. The van der Waals surface area contributed by atoms with Crippen molar-refractivity contribution in [2.45, 2.75) is 26.2 Å². The number of carbonyl (C=O) groups is 2. The molecule has 0 saturated heterocycles. The first-order chi connectivity index (χ1) is 8.13. The molecule has 2 amide bonds. The van der Waals surface area contributed by atoms with E-state index >= 15 is 0 Å². The molecule has 0 fully saturated rings. The molecule has 0 aliphatic heterocycles. The number of rotatable bonds is 3. The maximum atomic E-state index is 11.5. The number of nitrogens with two attached hydrogens (primary N) is 1. The van der Waals surface area contributed by atoms with Crippen molar-refractivity contribution in [1.29, 1.82) is 0 Å². The Bertz CT molecular complexity index is 503. The third-order valence-corrected chi connectivity index (χ3v) is 3.93. The Morgan fingerprint density at radius 1 is 1.41 bits per heavy atom. The van der Waals surface area contributed by atoms with Crippen molar-refractivity contribution < 1.29 is 9.59 Å². The minimum atomic E-state index is -0.458. The molecule has 0 spiro atoms. The van der Waals surface area contributed by atoms with Crippen molar-refractivity contribution in [3.05, 3.63) is 28.2 Å². The van der Waals surface area contributed by atoms with Crippen LogP contribution in [0.3, 0.4) is 0 Å². The Hall–Kier alpha value is -1.62. The van der Waals surface area contributed by atoms with E-state index in [1.165, 1.54) is 22.3 Å². The number of fused-ring (bicyclic) bond motifs is 1. The van der Waals surface area contributed by atoms with Gasteiger partial charge in [-0.25, -0.2) is 0 Å². The summed E-state index contributed by atoms with van der Waals surface area (Å²) in [5, 5.41) is 3.30. The molecule has 1 aromatic heterocycles. The van der Waals surface area contributed by atoms with Crippen molar-refractivity contribution >= 4 is 28.2 Å². The molecule has 90 valence electrons. The lowest BCUT2D eigenvalue weighted by atomic mass is 10.1. The van der Waals surface area contributed by atoms with Crippen molar-refractivity contribution in [3.8, 4) is 0 Å². The number of hydrogen-bond donors (Lipinski definition) is 2. The molecule has 3 N–H and O–H groups in total. The Morgan fingerprint density at radius 3 is 2.82 bits per heavy atom. The number of aryl methyl sites for hydroxylation is 1. The van der Waals surface area contributed by atoms with Gasteiger partial charge in [0, 0.05) is 4.88 Å². The maximum Gasteiger partial charge on any atom is 0.251 e. The summed E-state index contributed by atoms with van der Waals surface area (Å²) in [6.45, 7) is 1.77. The van der Waals surface area contributed by atoms with Crippen LogP contribution in [0.1, 0.15) is 34.1 Å². The average molecular weight is 250 g/mol. The lowest BCUT2D eigenvalue weighted by Gasteiger charge is -2.03. The van der Waals surface area contributed by atoms with Crippen molar-refractivity contribution in [3.63, 3.8) is 0 Å². The van der Waals surface area contributed by atoms with Gasteiger partial charge < -0.3 is 11.1 Å². The second kappa shape index (κ2) is 4.71. The molecule has 0 aromatic carbocycles. The van der Waals surface area contributed by atoms with Crippen LogP contribution in [0.25, 0.3) is 0 Å². The summed E-state index contributed by atoms with van der Waals surface area (Å²) in [6.07, 6.45) is 5.99. The number of allylic oxidation sites excluding steroid dienone is 1. The van der Waals surface area contributed by atoms with E-state index in [0.717, 1.165) is 24.8 Å². The summed E-state index contributed by atoms with van der Waals surface area (Å²) in [7, 11) is 0. The second-order valence-electron chi connectivity index (χ2n) is 3.91. The predicted molar refractivity (Wildman–Crippen MR) is 68.3 cm³/mol. The molecule has 0 radical (unpaired) electrons. The van der Waals surface area contributed by atoms with Crippen LogP contribution >= 0.6 is 11.3 Å². The zero-order valence-electron chi connectivity index (χ0n) is 9.58. The van der Waals surface area contributed by atoms with Crippen molar-refractivity contribution in [2.24, 2.45) is 5.73 Å². The fraction of sp³-hybridized carbons (Fsp3) is 0.333. The van der Waals surface area contributed by atoms with Gasteiger partial charge in [0.1, 0.15) is 5.00 Å². The molecule has 1 aromatic rings. The van der Waals surface area contributed by atoms with Crippen LogP contribution in [-0.4, -0.2) is 11.8 Å².